The van der Waals surface area contributed by atoms with E-state index in [1.54, 1.807) is 12.5 Å². The van der Waals surface area contributed by atoms with Crippen molar-refractivity contribution in [3.63, 3.8) is 0 Å². The zero-order valence-electron chi connectivity index (χ0n) is 10.8. The Kier molecular flexibility index (Phi) is 4.42. The van der Waals surface area contributed by atoms with Crippen molar-refractivity contribution in [2.45, 2.75) is 44.7 Å². The van der Waals surface area contributed by atoms with E-state index in [4.69, 9.17) is 4.42 Å². The number of rotatable bonds is 4. The molecule has 0 aromatic carbocycles. The Morgan fingerprint density at radius 2 is 2.22 bits per heavy atom. The first-order valence-corrected chi connectivity index (χ1v) is 6.62. The first-order chi connectivity index (χ1) is 8.68. The molecular weight excluding hydrogens is 230 g/mol. The van der Waals surface area contributed by atoms with E-state index < -0.39 is 5.97 Å². The number of hydrogen-bond donors (Lipinski definition) is 1. The van der Waals surface area contributed by atoms with Gasteiger partial charge in [0.15, 0.2) is 0 Å². The summed E-state index contributed by atoms with van der Waals surface area (Å²) in [5.74, 6) is -0.884. The molecular formula is C14H21NO3. The van der Waals surface area contributed by atoms with Gasteiger partial charge in [-0.2, -0.15) is 0 Å². The highest BCUT2D eigenvalue weighted by atomic mass is 16.4. The molecule has 1 aromatic rings. The second-order valence-electron chi connectivity index (χ2n) is 5.20. The molecule has 2 rings (SSSR count). The lowest BCUT2D eigenvalue weighted by molar-refractivity contribution is -0.144. The lowest BCUT2D eigenvalue weighted by atomic mass is 9.93. The topological polar surface area (TPSA) is 53.7 Å². The van der Waals surface area contributed by atoms with Gasteiger partial charge >= 0.3 is 5.97 Å². The number of carbonyl (C=O) groups is 1. The molecule has 2 atom stereocenters. The van der Waals surface area contributed by atoms with Crippen molar-refractivity contribution in [2.75, 3.05) is 7.05 Å². The summed E-state index contributed by atoms with van der Waals surface area (Å²) in [5, 5.41) is 9.36. The minimum Gasteiger partial charge on any atom is -0.481 e. The SMILES string of the molecule is CN(Cc1ccoc1)C1CCCCCC1C(=O)O. The highest BCUT2D eigenvalue weighted by molar-refractivity contribution is 5.70. The number of carboxylic acids is 1. The zero-order valence-corrected chi connectivity index (χ0v) is 10.8. The Labute approximate surface area is 108 Å². The molecule has 1 heterocycles. The Hall–Kier alpha value is -1.29. The second-order valence-corrected chi connectivity index (χ2v) is 5.20. The third kappa shape index (κ3) is 3.13. The van der Waals surface area contributed by atoms with Gasteiger partial charge in [-0.15, -0.1) is 0 Å². The zero-order chi connectivity index (χ0) is 13.0. The summed E-state index contributed by atoms with van der Waals surface area (Å²) < 4.78 is 5.06. The van der Waals surface area contributed by atoms with Gasteiger partial charge in [-0.1, -0.05) is 19.3 Å². The van der Waals surface area contributed by atoms with Crippen molar-refractivity contribution < 1.29 is 14.3 Å². The highest BCUT2D eigenvalue weighted by Gasteiger charge is 2.32. The molecule has 1 saturated carbocycles. The Balaban J connectivity index is 2.04. The average Bonchev–Trinajstić information content (AvgIpc) is 2.70. The number of nitrogens with zero attached hydrogens (tertiary/aromatic N) is 1. The van der Waals surface area contributed by atoms with Crippen LogP contribution in [0.25, 0.3) is 0 Å². The Morgan fingerprint density at radius 3 is 2.89 bits per heavy atom. The summed E-state index contributed by atoms with van der Waals surface area (Å²) in [5.41, 5.74) is 1.10. The molecule has 0 aliphatic heterocycles. The van der Waals surface area contributed by atoms with Gasteiger partial charge in [0.25, 0.3) is 0 Å². The summed E-state index contributed by atoms with van der Waals surface area (Å²) in [6.45, 7) is 0.755. The fourth-order valence-electron chi connectivity index (χ4n) is 2.89. The van der Waals surface area contributed by atoms with Gasteiger partial charge in [0, 0.05) is 18.2 Å². The van der Waals surface area contributed by atoms with Crippen molar-refractivity contribution in [1.82, 2.24) is 4.90 Å². The predicted octanol–water partition coefficient (Wildman–Crippen LogP) is 2.74. The van der Waals surface area contributed by atoms with E-state index in [9.17, 15) is 9.90 Å². The minimum absolute atomic E-state index is 0.139. The molecule has 4 nitrogen and oxygen atoms in total. The van der Waals surface area contributed by atoms with Gasteiger partial charge in [0.05, 0.1) is 18.4 Å². The maximum atomic E-state index is 11.4. The smallest absolute Gasteiger partial charge is 0.308 e. The fourth-order valence-corrected chi connectivity index (χ4v) is 2.89. The van der Waals surface area contributed by atoms with Gasteiger partial charge in [-0.05, 0) is 26.0 Å². The fraction of sp³-hybridized carbons (Fsp3) is 0.643. The van der Waals surface area contributed by atoms with E-state index in [1.807, 2.05) is 13.1 Å². The second kappa shape index (κ2) is 6.05. The molecule has 1 fully saturated rings. The summed E-state index contributed by atoms with van der Waals surface area (Å²) in [6.07, 6.45) is 8.48. The molecule has 18 heavy (non-hydrogen) atoms. The molecule has 100 valence electrons. The van der Waals surface area contributed by atoms with Crippen LogP contribution >= 0.6 is 0 Å². The van der Waals surface area contributed by atoms with Gasteiger partial charge < -0.3 is 9.52 Å². The van der Waals surface area contributed by atoms with Crippen LogP contribution in [-0.2, 0) is 11.3 Å². The van der Waals surface area contributed by atoms with Crippen LogP contribution in [0.4, 0.5) is 0 Å². The molecule has 2 unspecified atom stereocenters. The lowest BCUT2D eigenvalue weighted by Gasteiger charge is -2.31. The van der Waals surface area contributed by atoms with Crippen LogP contribution in [0.1, 0.15) is 37.7 Å². The van der Waals surface area contributed by atoms with Crippen LogP contribution in [0.3, 0.4) is 0 Å². The molecule has 0 spiro atoms. The van der Waals surface area contributed by atoms with Gasteiger partial charge in [-0.25, -0.2) is 0 Å². The Bertz CT molecular complexity index is 374. The van der Waals surface area contributed by atoms with Crippen molar-refractivity contribution in [3.8, 4) is 0 Å². The van der Waals surface area contributed by atoms with Crippen LogP contribution < -0.4 is 0 Å². The Morgan fingerprint density at radius 1 is 1.44 bits per heavy atom. The van der Waals surface area contributed by atoms with E-state index in [0.29, 0.717) is 0 Å². The number of hydrogen-bond acceptors (Lipinski definition) is 3. The number of carboxylic acid groups (broad SMARTS) is 1. The van der Waals surface area contributed by atoms with E-state index in [2.05, 4.69) is 4.90 Å². The minimum atomic E-state index is -0.652. The molecule has 1 aromatic heterocycles. The van der Waals surface area contributed by atoms with Crippen LogP contribution in [0.15, 0.2) is 23.0 Å². The third-order valence-electron chi connectivity index (χ3n) is 3.87. The van der Waals surface area contributed by atoms with E-state index in [1.165, 1.54) is 0 Å². The molecule has 1 aliphatic rings. The molecule has 0 amide bonds. The molecule has 0 bridgehead atoms. The largest absolute Gasteiger partial charge is 0.481 e. The molecule has 0 saturated heterocycles. The van der Waals surface area contributed by atoms with Crippen molar-refractivity contribution in [1.29, 1.82) is 0 Å². The molecule has 0 radical (unpaired) electrons. The van der Waals surface area contributed by atoms with Crippen molar-refractivity contribution in [2.24, 2.45) is 5.92 Å². The monoisotopic (exact) mass is 251 g/mol. The average molecular weight is 251 g/mol. The predicted molar refractivity (Wildman–Crippen MR) is 68.2 cm³/mol. The lowest BCUT2D eigenvalue weighted by Crippen LogP contribution is -2.40. The maximum Gasteiger partial charge on any atom is 0.308 e. The first-order valence-electron chi connectivity index (χ1n) is 6.62. The van der Waals surface area contributed by atoms with Gasteiger partial charge in [0.1, 0.15) is 0 Å². The normalized spacial score (nSPS) is 25.0. The number of aliphatic carboxylic acids is 1. The number of furan rings is 1. The quantitative estimate of drug-likeness (QED) is 0.836. The van der Waals surface area contributed by atoms with Crippen LogP contribution in [0.2, 0.25) is 0 Å². The summed E-state index contributed by atoms with van der Waals surface area (Å²) in [6, 6.07) is 2.07. The molecule has 4 heteroatoms. The third-order valence-corrected chi connectivity index (χ3v) is 3.87. The highest BCUT2D eigenvalue weighted by Crippen LogP contribution is 2.28. The van der Waals surface area contributed by atoms with Crippen LogP contribution in [0.5, 0.6) is 0 Å². The van der Waals surface area contributed by atoms with Gasteiger partial charge in [0.2, 0.25) is 0 Å². The van der Waals surface area contributed by atoms with Crippen LogP contribution in [-0.4, -0.2) is 29.1 Å². The molecule has 1 N–H and O–H groups in total. The summed E-state index contributed by atoms with van der Waals surface area (Å²) in [4.78, 5) is 13.5. The van der Waals surface area contributed by atoms with E-state index in [-0.39, 0.29) is 12.0 Å². The summed E-state index contributed by atoms with van der Waals surface area (Å²) in [7, 11) is 2.01. The standard InChI is InChI=1S/C14H21NO3/c1-15(9-11-7-8-18-10-11)13-6-4-2-3-5-12(13)14(16)17/h7-8,10,12-13H,2-6,9H2,1H3,(H,16,17). The van der Waals surface area contributed by atoms with E-state index >= 15 is 0 Å². The van der Waals surface area contributed by atoms with Crippen LogP contribution in [0, 0.1) is 5.92 Å². The van der Waals surface area contributed by atoms with Gasteiger partial charge in [-0.3, -0.25) is 9.69 Å². The summed E-state index contributed by atoms with van der Waals surface area (Å²) >= 11 is 0. The van der Waals surface area contributed by atoms with E-state index in [0.717, 1.165) is 44.2 Å². The van der Waals surface area contributed by atoms with Crippen molar-refractivity contribution >= 4 is 5.97 Å². The molecule has 1 aliphatic carbocycles. The first kappa shape index (κ1) is 13.1. The maximum absolute atomic E-state index is 11.4. The van der Waals surface area contributed by atoms with Crippen molar-refractivity contribution in [3.05, 3.63) is 24.2 Å².